The van der Waals surface area contributed by atoms with Gasteiger partial charge in [-0.25, -0.2) is 9.78 Å². The van der Waals surface area contributed by atoms with Crippen LogP contribution in [0.5, 0.6) is 0 Å². The Hall–Kier alpha value is -1.26. The Morgan fingerprint density at radius 3 is 2.85 bits per heavy atom. The summed E-state index contributed by atoms with van der Waals surface area (Å²) >= 11 is 11.8. The van der Waals surface area contributed by atoms with Crippen LogP contribution in [-0.2, 0) is 16.0 Å². The third kappa shape index (κ3) is 4.39. The van der Waals surface area contributed by atoms with Gasteiger partial charge in [0.15, 0.2) is 0 Å². The zero-order chi connectivity index (χ0) is 14.5. The molecular formula is C14H16Cl2N2O2. The van der Waals surface area contributed by atoms with Crippen LogP contribution in [0.4, 0.5) is 0 Å². The van der Waals surface area contributed by atoms with Gasteiger partial charge in [-0.2, -0.15) is 0 Å². The Morgan fingerprint density at radius 2 is 2.25 bits per heavy atom. The molecule has 1 aliphatic rings. The monoisotopic (exact) mass is 314 g/mol. The van der Waals surface area contributed by atoms with Crippen LogP contribution in [-0.4, -0.2) is 23.6 Å². The number of hydrogen-bond donors (Lipinski definition) is 1. The topological polar surface area (TPSA) is 51.2 Å². The van der Waals surface area contributed by atoms with Crippen LogP contribution < -0.4 is 5.32 Å². The van der Waals surface area contributed by atoms with Crippen LogP contribution in [0, 0.1) is 0 Å². The first-order valence-corrected chi connectivity index (χ1v) is 7.29. The first kappa shape index (κ1) is 15.1. The number of nitrogens with one attached hydrogen (secondary N) is 1. The van der Waals surface area contributed by atoms with Crippen molar-refractivity contribution in [3.05, 3.63) is 39.8 Å². The van der Waals surface area contributed by atoms with E-state index in [2.05, 4.69) is 10.3 Å². The largest absolute Gasteiger partial charge is 0.463 e. The number of nitrogens with zero attached hydrogens (tertiary/aromatic N) is 1. The molecule has 0 atom stereocenters. The minimum absolute atomic E-state index is 0.305. The van der Waals surface area contributed by atoms with Crippen LogP contribution in [0.2, 0.25) is 10.3 Å². The lowest BCUT2D eigenvalue weighted by Crippen LogP contribution is -2.16. The number of hydrogen-bond acceptors (Lipinski definition) is 4. The number of esters is 1. The molecule has 1 aromatic heterocycles. The summed E-state index contributed by atoms with van der Waals surface area (Å²) in [4.78, 5) is 15.9. The van der Waals surface area contributed by atoms with Crippen molar-refractivity contribution in [1.29, 1.82) is 0 Å². The van der Waals surface area contributed by atoms with Gasteiger partial charge >= 0.3 is 5.97 Å². The number of aromatic nitrogens is 1. The second kappa shape index (κ2) is 6.95. The van der Waals surface area contributed by atoms with E-state index in [4.69, 9.17) is 27.9 Å². The summed E-state index contributed by atoms with van der Waals surface area (Å²) in [5.41, 5.74) is 1.28. The van der Waals surface area contributed by atoms with Gasteiger partial charge < -0.3 is 10.1 Å². The summed E-state index contributed by atoms with van der Waals surface area (Å²) in [5, 5.41) is 3.83. The number of ether oxygens (including phenoxy) is 1. The highest BCUT2D eigenvalue weighted by atomic mass is 35.5. The molecule has 1 N–H and O–H groups in total. The van der Waals surface area contributed by atoms with Gasteiger partial charge in [0.05, 0.1) is 12.2 Å². The van der Waals surface area contributed by atoms with Gasteiger partial charge in [-0.15, -0.1) is 0 Å². The maximum absolute atomic E-state index is 11.9. The van der Waals surface area contributed by atoms with Crippen molar-refractivity contribution in [1.82, 2.24) is 10.3 Å². The highest BCUT2D eigenvalue weighted by molar-refractivity contribution is 6.32. The van der Waals surface area contributed by atoms with Crippen molar-refractivity contribution in [2.24, 2.45) is 0 Å². The predicted molar refractivity (Wildman–Crippen MR) is 78.8 cm³/mol. The number of carbonyl (C=O) groups is 1. The van der Waals surface area contributed by atoms with Crippen LogP contribution in [0.15, 0.2) is 23.9 Å². The SMILES string of the molecule is CCOC(=O)C(=CNC1CC1)Cc1ccc(Cl)nc1Cl. The summed E-state index contributed by atoms with van der Waals surface area (Å²) in [6, 6.07) is 3.89. The van der Waals surface area contributed by atoms with Crippen molar-refractivity contribution in [2.75, 3.05) is 6.61 Å². The molecule has 0 amide bonds. The summed E-state index contributed by atoms with van der Waals surface area (Å²) in [5.74, 6) is -0.341. The van der Waals surface area contributed by atoms with Crippen molar-refractivity contribution in [3.63, 3.8) is 0 Å². The van der Waals surface area contributed by atoms with Crippen molar-refractivity contribution < 1.29 is 9.53 Å². The third-order valence-electron chi connectivity index (χ3n) is 2.88. The van der Waals surface area contributed by atoms with E-state index in [1.165, 1.54) is 0 Å². The maximum Gasteiger partial charge on any atom is 0.335 e. The molecule has 1 fully saturated rings. The number of rotatable bonds is 6. The molecule has 4 nitrogen and oxygen atoms in total. The Balaban J connectivity index is 2.13. The first-order chi connectivity index (χ1) is 9.60. The fourth-order valence-electron chi connectivity index (χ4n) is 1.65. The van der Waals surface area contributed by atoms with Gasteiger partial charge in [-0.1, -0.05) is 29.3 Å². The van der Waals surface area contributed by atoms with E-state index in [0.717, 1.165) is 18.4 Å². The van der Waals surface area contributed by atoms with E-state index in [0.29, 0.717) is 34.9 Å². The molecule has 108 valence electrons. The fraction of sp³-hybridized carbons (Fsp3) is 0.429. The molecule has 0 saturated heterocycles. The second-order valence-corrected chi connectivity index (χ2v) is 5.34. The number of halogens is 2. The smallest absolute Gasteiger partial charge is 0.335 e. The molecule has 0 aliphatic heterocycles. The molecule has 0 spiro atoms. The highest BCUT2D eigenvalue weighted by Crippen LogP contribution is 2.22. The lowest BCUT2D eigenvalue weighted by molar-refractivity contribution is -0.138. The van der Waals surface area contributed by atoms with Gasteiger partial charge in [-0.3, -0.25) is 0 Å². The van der Waals surface area contributed by atoms with E-state index in [9.17, 15) is 4.79 Å². The van der Waals surface area contributed by atoms with Crippen molar-refractivity contribution >= 4 is 29.2 Å². The second-order valence-electron chi connectivity index (χ2n) is 4.59. The Kier molecular flexibility index (Phi) is 5.26. The molecular weight excluding hydrogens is 299 g/mol. The summed E-state index contributed by atoms with van der Waals surface area (Å²) in [6.07, 6.45) is 4.36. The van der Waals surface area contributed by atoms with Crippen molar-refractivity contribution in [3.8, 4) is 0 Å². The summed E-state index contributed by atoms with van der Waals surface area (Å²) in [7, 11) is 0. The van der Waals surface area contributed by atoms with E-state index < -0.39 is 0 Å². The van der Waals surface area contributed by atoms with Gasteiger partial charge in [0, 0.05) is 18.7 Å². The summed E-state index contributed by atoms with van der Waals surface area (Å²) in [6.45, 7) is 2.12. The average molecular weight is 315 g/mol. The molecule has 1 saturated carbocycles. The lowest BCUT2D eigenvalue weighted by atomic mass is 10.1. The van der Waals surface area contributed by atoms with E-state index in [1.807, 2.05) is 0 Å². The van der Waals surface area contributed by atoms with E-state index >= 15 is 0 Å². The molecule has 2 rings (SSSR count). The van der Waals surface area contributed by atoms with Gasteiger partial charge in [0.2, 0.25) is 0 Å². The minimum atomic E-state index is -0.341. The molecule has 0 bridgehead atoms. The fourth-order valence-corrected chi connectivity index (χ4v) is 2.06. The molecule has 0 radical (unpaired) electrons. The number of pyridine rings is 1. The Morgan fingerprint density at radius 1 is 1.50 bits per heavy atom. The predicted octanol–water partition coefficient (Wildman–Crippen LogP) is 3.13. The molecule has 0 unspecified atom stereocenters. The molecule has 6 heteroatoms. The zero-order valence-electron chi connectivity index (χ0n) is 11.2. The summed E-state index contributed by atoms with van der Waals surface area (Å²) < 4.78 is 5.06. The van der Waals surface area contributed by atoms with Crippen LogP contribution in [0.3, 0.4) is 0 Å². The Bertz CT molecular complexity index is 528. The Labute approximate surface area is 128 Å². The third-order valence-corrected chi connectivity index (χ3v) is 3.42. The minimum Gasteiger partial charge on any atom is -0.463 e. The van der Waals surface area contributed by atoms with E-state index in [1.54, 1.807) is 25.3 Å². The van der Waals surface area contributed by atoms with Gasteiger partial charge in [0.25, 0.3) is 0 Å². The molecule has 1 heterocycles. The highest BCUT2D eigenvalue weighted by Gasteiger charge is 2.21. The number of carbonyl (C=O) groups excluding carboxylic acids is 1. The van der Waals surface area contributed by atoms with Gasteiger partial charge in [0.1, 0.15) is 10.3 Å². The average Bonchev–Trinajstić information content (AvgIpc) is 3.21. The molecule has 1 aliphatic carbocycles. The van der Waals surface area contributed by atoms with Crippen molar-refractivity contribution in [2.45, 2.75) is 32.2 Å². The van der Waals surface area contributed by atoms with Crippen LogP contribution in [0.1, 0.15) is 25.3 Å². The standard InChI is InChI=1S/C14H16Cl2N2O2/c1-2-20-14(19)10(8-17-11-4-5-11)7-9-3-6-12(15)18-13(9)16/h3,6,8,11,17H,2,4-5,7H2,1H3. The molecule has 20 heavy (non-hydrogen) atoms. The zero-order valence-corrected chi connectivity index (χ0v) is 12.7. The molecule has 1 aromatic rings. The van der Waals surface area contributed by atoms with Crippen LogP contribution >= 0.6 is 23.2 Å². The quantitative estimate of drug-likeness (QED) is 0.498. The lowest BCUT2D eigenvalue weighted by Gasteiger charge is -2.09. The van der Waals surface area contributed by atoms with Gasteiger partial charge in [-0.05, 0) is 31.4 Å². The maximum atomic E-state index is 11.9. The van der Waals surface area contributed by atoms with E-state index in [-0.39, 0.29) is 5.97 Å². The molecule has 0 aromatic carbocycles. The normalized spacial score (nSPS) is 15.1. The first-order valence-electron chi connectivity index (χ1n) is 6.53. The van der Waals surface area contributed by atoms with Crippen LogP contribution in [0.25, 0.3) is 0 Å².